The Morgan fingerprint density at radius 1 is 1.16 bits per heavy atom. The number of thiazole rings is 1. The molecule has 0 aliphatic carbocycles. The Morgan fingerprint density at radius 3 is 2.42 bits per heavy atom. The largest absolute Gasteiger partial charge is 0.494 e. The molecule has 2 heterocycles. The van der Waals surface area contributed by atoms with Crippen molar-refractivity contribution >= 4 is 41.6 Å². The zero-order valence-electron chi connectivity index (χ0n) is 9.70. The molecule has 0 radical (unpaired) electrons. The van der Waals surface area contributed by atoms with E-state index in [1.807, 2.05) is 30.3 Å². The monoisotopic (exact) mass is 287 g/mol. The Hall–Kier alpha value is -2.05. The number of aromatic amines is 1. The molecule has 94 valence electrons. The van der Waals surface area contributed by atoms with Gasteiger partial charge in [-0.25, -0.2) is 0 Å². The highest BCUT2D eigenvalue weighted by Gasteiger charge is 2.17. The number of aromatic hydroxyl groups is 1. The van der Waals surface area contributed by atoms with Crippen LogP contribution in [0.15, 0.2) is 46.1 Å². The average molecular weight is 287 g/mol. The third kappa shape index (κ3) is 2.27. The van der Waals surface area contributed by atoms with Crippen molar-refractivity contribution in [1.29, 1.82) is 0 Å². The second-order valence-electron chi connectivity index (χ2n) is 3.88. The number of aromatic nitrogens is 1. The van der Waals surface area contributed by atoms with Gasteiger partial charge in [0.05, 0.1) is 17.3 Å². The van der Waals surface area contributed by atoms with Crippen molar-refractivity contribution in [2.75, 3.05) is 0 Å². The van der Waals surface area contributed by atoms with Gasteiger partial charge in [-0.1, -0.05) is 30.3 Å². The lowest BCUT2D eigenvalue weighted by Crippen LogP contribution is -1.93. The normalized spacial score (nSPS) is 13.2. The first-order valence-electron chi connectivity index (χ1n) is 5.54. The summed E-state index contributed by atoms with van der Waals surface area (Å²) in [5, 5.41) is 17.7. The quantitative estimate of drug-likeness (QED) is 0.832. The first-order chi connectivity index (χ1) is 9.25. The molecule has 1 aliphatic rings. The van der Waals surface area contributed by atoms with Crippen LogP contribution in [0.25, 0.3) is 5.57 Å². The van der Waals surface area contributed by atoms with E-state index >= 15 is 0 Å². The van der Waals surface area contributed by atoms with Crippen LogP contribution in [0, 0.1) is 3.95 Å². The fraction of sp³-hybridized carbons (Fsp3) is 0. The number of allylic oxidation sites excluding steroid dienone is 1. The van der Waals surface area contributed by atoms with Crippen LogP contribution < -0.4 is 0 Å². The summed E-state index contributed by atoms with van der Waals surface area (Å²) in [5.74, 6) is 0.0788. The summed E-state index contributed by atoms with van der Waals surface area (Å²) in [4.78, 5) is 3.45. The average Bonchev–Trinajstić information content (AvgIpc) is 3.03. The van der Waals surface area contributed by atoms with Gasteiger partial charge in [0.1, 0.15) is 0 Å². The van der Waals surface area contributed by atoms with Crippen LogP contribution in [0.2, 0.25) is 0 Å². The first kappa shape index (κ1) is 12.0. The van der Waals surface area contributed by atoms with E-state index in [0.29, 0.717) is 8.83 Å². The Balaban J connectivity index is 2.27. The molecule has 0 unspecified atom stereocenters. The molecule has 6 heteroatoms. The highest BCUT2D eigenvalue weighted by Crippen LogP contribution is 2.35. The van der Waals surface area contributed by atoms with E-state index in [0.717, 1.165) is 16.7 Å². The molecule has 0 bridgehead atoms. The van der Waals surface area contributed by atoms with E-state index in [4.69, 9.17) is 12.2 Å². The van der Waals surface area contributed by atoms with Gasteiger partial charge in [0, 0.05) is 11.1 Å². The predicted molar refractivity (Wildman–Crippen MR) is 80.6 cm³/mol. The highest BCUT2D eigenvalue weighted by atomic mass is 32.1. The summed E-state index contributed by atoms with van der Waals surface area (Å²) in [6.07, 6.45) is 3.34. The van der Waals surface area contributed by atoms with E-state index in [1.165, 1.54) is 11.3 Å². The van der Waals surface area contributed by atoms with Gasteiger partial charge in [0.2, 0.25) is 5.88 Å². The van der Waals surface area contributed by atoms with Crippen molar-refractivity contribution in [2.45, 2.75) is 0 Å². The number of nitrogens with zero attached hydrogens (tertiary/aromatic N) is 2. The fourth-order valence-corrected chi connectivity index (χ4v) is 3.04. The number of hydrogen-bond donors (Lipinski definition) is 2. The number of nitrogens with one attached hydrogen (secondary N) is 1. The van der Waals surface area contributed by atoms with Crippen LogP contribution in [0.5, 0.6) is 5.88 Å². The lowest BCUT2D eigenvalue weighted by molar-refractivity contribution is 0.455. The minimum absolute atomic E-state index is 0.0788. The third-order valence-electron chi connectivity index (χ3n) is 2.67. The van der Waals surface area contributed by atoms with E-state index in [9.17, 15) is 5.11 Å². The smallest absolute Gasteiger partial charge is 0.208 e. The van der Waals surface area contributed by atoms with Gasteiger partial charge >= 0.3 is 0 Å². The maximum atomic E-state index is 9.99. The molecule has 0 atom stereocenters. The molecule has 0 amide bonds. The maximum Gasteiger partial charge on any atom is 0.208 e. The van der Waals surface area contributed by atoms with Crippen molar-refractivity contribution in [3.63, 3.8) is 0 Å². The lowest BCUT2D eigenvalue weighted by atomic mass is 10.00. The van der Waals surface area contributed by atoms with Gasteiger partial charge in [-0.3, -0.25) is 0 Å². The van der Waals surface area contributed by atoms with Gasteiger partial charge in [0.15, 0.2) is 3.95 Å². The molecule has 1 aromatic heterocycles. The second kappa shape index (κ2) is 4.91. The topological polar surface area (TPSA) is 60.7 Å². The van der Waals surface area contributed by atoms with Crippen LogP contribution in [0.4, 0.5) is 0 Å². The van der Waals surface area contributed by atoms with Gasteiger partial charge in [-0.2, -0.15) is 10.2 Å². The Labute approximate surface area is 118 Å². The molecule has 4 nitrogen and oxygen atoms in total. The summed E-state index contributed by atoms with van der Waals surface area (Å²) < 4.78 is 0.536. The van der Waals surface area contributed by atoms with Gasteiger partial charge in [0.25, 0.3) is 0 Å². The van der Waals surface area contributed by atoms with Crippen molar-refractivity contribution in [2.24, 2.45) is 10.2 Å². The zero-order chi connectivity index (χ0) is 13.2. The summed E-state index contributed by atoms with van der Waals surface area (Å²) in [7, 11) is 0. The summed E-state index contributed by atoms with van der Waals surface area (Å²) >= 11 is 6.41. The Morgan fingerprint density at radius 2 is 1.84 bits per heavy atom. The standard InChI is InChI=1S/C13H9N3OS2/c17-12-11(19-13(18)16-12)10(9-6-14-15-7-9)8-4-2-1-3-5-8/h1-7,17H,(H,16,18). The van der Waals surface area contributed by atoms with Crippen LogP contribution in [0.3, 0.4) is 0 Å². The zero-order valence-corrected chi connectivity index (χ0v) is 11.3. The number of hydrogen-bond acceptors (Lipinski definition) is 5. The third-order valence-corrected chi connectivity index (χ3v) is 3.91. The fourth-order valence-electron chi connectivity index (χ4n) is 1.88. The summed E-state index contributed by atoms with van der Waals surface area (Å²) in [5.41, 5.74) is 2.71. The summed E-state index contributed by atoms with van der Waals surface area (Å²) in [6.45, 7) is 0. The van der Waals surface area contributed by atoms with Crippen LogP contribution in [0.1, 0.15) is 10.4 Å². The summed E-state index contributed by atoms with van der Waals surface area (Å²) in [6, 6.07) is 9.79. The van der Waals surface area contributed by atoms with Crippen molar-refractivity contribution in [3.8, 4) is 5.88 Å². The molecule has 19 heavy (non-hydrogen) atoms. The number of rotatable bonds is 2. The minimum Gasteiger partial charge on any atom is -0.494 e. The molecule has 3 rings (SSSR count). The highest BCUT2D eigenvalue weighted by molar-refractivity contribution is 7.73. The number of benzene rings is 1. The second-order valence-corrected chi connectivity index (χ2v) is 5.57. The molecule has 0 saturated carbocycles. The van der Waals surface area contributed by atoms with Gasteiger partial charge < -0.3 is 10.1 Å². The van der Waals surface area contributed by atoms with Crippen molar-refractivity contribution in [3.05, 3.63) is 50.3 Å². The molecule has 0 spiro atoms. The van der Waals surface area contributed by atoms with Crippen LogP contribution >= 0.6 is 23.6 Å². The molecule has 1 aromatic carbocycles. The van der Waals surface area contributed by atoms with E-state index in [-0.39, 0.29) is 5.88 Å². The number of H-pyrrole nitrogens is 1. The minimum atomic E-state index is 0.0788. The molecular weight excluding hydrogens is 278 g/mol. The first-order valence-corrected chi connectivity index (χ1v) is 6.77. The predicted octanol–water partition coefficient (Wildman–Crippen LogP) is 3.38. The maximum absolute atomic E-state index is 9.99. The molecule has 1 aliphatic heterocycles. The Kier molecular flexibility index (Phi) is 3.10. The lowest BCUT2D eigenvalue weighted by Gasteiger charge is -2.07. The van der Waals surface area contributed by atoms with E-state index in [1.54, 1.807) is 12.4 Å². The van der Waals surface area contributed by atoms with Crippen LogP contribution in [-0.2, 0) is 0 Å². The van der Waals surface area contributed by atoms with Gasteiger partial charge in [-0.15, -0.1) is 11.3 Å². The molecule has 0 fully saturated rings. The SMILES string of the molecule is Oc1[nH]c(=S)sc1C(=C1C=NN=C1)c1ccccc1. The van der Waals surface area contributed by atoms with E-state index in [2.05, 4.69) is 15.2 Å². The molecule has 2 aromatic rings. The van der Waals surface area contributed by atoms with Crippen molar-refractivity contribution < 1.29 is 5.11 Å². The van der Waals surface area contributed by atoms with Gasteiger partial charge in [-0.05, 0) is 17.8 Å². The Bertz CT molecular complexity index is 740. The molecular formula is C13H9N3OS2. The van der Waals surface area contributed by atoms with Crippen molar-refractivity contribution in [1.82, 2.24) is 4.98 Å². The molecule has 2 N–H and O–H groups in total. The van der Waals surface area contributed by atoms with Crippen LogP contribution in [-0.4, -0.2) is 22.5 Å². The van der Waals surface area contributed by atoms with E-state index < -0.39 is 0 Å². The molecule has 0 saturated heterocycles.